The zero-order valence-corrected chi connectivity index (χ0v) is 76.0. The van der Waals surface area contributed by atoms with Crippen molar-refractivity contribution in [3.63, 3.8) is 0 Å². The molecule has 13 rings (SSSR count). The van der Waals surface area contributed by atoms with Crippen LogP contribution in [-0.2, 0) is 74.2 Å². The van der Waals surface area contributed by atoms with E-state index in [0.29, 0.717) is 57.9 Å². The Morgan fingerprint density at radius 1 is 0.524 bits per heavy atom. The second-order valence-electron chi connectivity index (χ2n) is 26.2. The number of thioether (sulfide) groups is 1. The number of ether oxygens (including phenoxy) is 3. The molecule has 0 bridgehead atoms. The molecule has 3 aliphatic heterocycles. The number of carbonyl (C=O) groups excluding carboxylic acids is 4. The van der Waals surface area contributed by atoms with Crippen LogP contribution >= 0.6 is 47.2 Å². The number of alkyl halides is 2. The fourth-order valence-electron chi connectivity index (χ4n) is 11.5. The number of nitrogens with two attached hydrogens (primary N) is 1. The number of morpholine rings is 3. The first-order valence-corrected chi connectivity index (χ1v) is 44.9. The predicted molar refractivity (Wildman–Crippen MR) is 451 cm³/mol. The summed E-state index contributed by atoms with van der Waals surface area (Å²) in [7, 11) is 1.00. The summed E-state index contributed by atoms with van der Waals surface area (Å²) in [6, 6.07) is 38.1. The van der Waals surface area contributed by atoms with Crippen molar-refractivity contribution in [1.29, 1.82) is 5.26 Å². The monoisotopic (exact) mass is 1990 g/mol. The van der Waals surface area contributed by atoms with Crippen LogP contribution in [0, 0.1) is 45.6 Å². The third-order valence-electron chi connectivity index (χ3n) is 17.3. The number of amides is 2. The van der Waals surface area contributed by atoms with E-state index in [-0.39, 0.29) is 81.8 Å². The third kappa shape index (κ3) is 36.1. The molecule has 6 aromatic carbocycles. The van der Waals surface area contributed by atoms with Crippen molar-refractivity contribution < 1.29 is 100 Å². The molecule has 4 aromatic heterocycles. The summed E-state index contributed by atoms with van der Waals surface area (Å²) in [5.74, 6) is 0.377. The number of hydrogen-bond acceptors (Lipinski definition) is 27. The van der Waals surface area contributed by atoms with Crippen LogP contribution in [-0.4, -0.2) is 218 Å². The van der Waals surface area contributed by atoms with E-state index in [0.717, 1.165) is 164 Å². The number of aromatic nitrogens is 8. The molecule has 124 heavy (non-hydrogen) atoms. The second-order valence-corrected chi connectivity index (χ2v) is 31.4. The van der Waals surface area contributed by atoms with Gasteiger partial charge in [-0.1, -0.05) is 41.5 Å². The van der Waals surface area contributed by atoms with E-state index in [1.807, 2.05) is 29.7 Å². The van der Waals surface area contributed by atoms with Crippen LogP contribution in [0.15, 0.2) is 183 Å². The van der Waals surface area contributed by atoms with E-state index in [4.69, 9.17) is 70.3 Å². The molecule has 0 aliphatic carbocycles. The molecule has 10 aromatic rings. The quantitative estimate of drug-likeness (QED) is 0.00345. The molecule has 0 spiro atoms. The fourth-order valence-corrected chi connectivity index (χ4v) is 13.6. The van der Waals surface area contributed by atoms with Crippen molar-refractivity contribution in [3.8, 4) is 50.6 Å². The zero-order chi connectivity index (χ0) is 89.7. The number of aliphatic hydroxyl groups is 1. The molecule has 2 amide bonds. The first-order chi connectivity index (χ1) is 59.8. The van der Waals surface area contributed by atoms with E-state index in [9.17, 15) is 59.9 Å². The molecule has 0 atom stereocenters. The molecule has 656 valence electrons. The Balaban J connectivity index is 0.000000226. The number of nitriles is 1. The van der Waals surface area contributed by atoms with Gasteiger partial charge in [0.25, 0.3) is 28.5 Å². The van der Waals surface area contributed by atoms with Gasteiger partial charge in [-0.15, -0.1) is 28.3 Å². The number of thiocarbonyl (C=S) groups is 1. The Morgan fingerprint density at radius 3 is 1.30 bits per heavy atom. The summed E-state index contributed by atoms with van der Waals surface area (Å²) >= 11 is 14.0. The van der Waals surface area contributed by atoms with Crippen molar-refractivity contribution >= 4 is 82.1 Å². The van der Waals surface area contributed by atoms with Crippen LogP contribution in [0.25, 0.3) is 45.2 Å². The third-order valence-corrected chi connectivity index (χ3v) is 22.1. The fraction of sp³-hybridized carbons (Fsp3) is 0.309. The van der Waals surface area contributed by atoms with Gasteiger partial charge in [0.15, 0.2) is 5.11 Å². The summed E-state index contributed by atoms with van der Waals surface area (Å²) in [5.41, 5.74) is 11.0. The van der Waals surface area contributed by atoms with Crippen molar-refractivity contribution in [2.45, 2.75) is 33.5 Å². The van der Waals surface area contributed by atoms with Gasteiger partial charge >= 0.3 is 72.2 Å². The van der Waals surface area contributed by atoms with Gasteiger partial charge in [0, 0.05) is 155 Å². The normalized spacial score (nSPS) is 12.9. The van der Waals surface area contributed by atoms with Crippen LogP contribution in [0.5, 0.6) is 0 Å². The van der Waals surface area contributed by atoms with Crippen LogP contribution < -0.4 is 49.4 Å². The number of carbonyl (C=O) groups is 4. The van der Waals surface area contributed by atoms with Gasteiger partial charge < -0.3 is 34.4 Å². The first kappa shape index (κ1) is 100. The number of hydrogen-bond donors (Lipinski definition) is 7. The molecule has 7 heterocycles. The topological polar surface area (TPSA) is 398 Å². The second kappa shape index (κ2) is 54.7. The Bertz CT molecular complexity index is 5290. The molecular weight excluding hydrogens is 1900 g/mol. The Kier molecular flexibility index (Phi) is 44.2. The summed E-state index contributed by atoms with van der Waals surface area (Å²) in [6.07, 6.45) is 0. The average Bonchev–Trinajstić information content (AvgIpc) is 1.31. The van der Waals surface area contributed by atoms with Gasteiger partial charge in [-0.2, -0.15) is 20.6 Å². The first-order valence-electron chi connectivity index (χ1n) is 37.9. The zero-order valence-electron chi connectivity index (χ0n) is 67.4. The number of nitrogen functional groups attached to an aromatic ring is 1. The van der Waals surface area contributed by atoms with Gasteiger partial charge in [0.2, 0.25) is 5.89 Å². The van der Waals surface area contributed by atoms with E-state index in [2.05, 4.69) is 72.4 Å². The molecule has 8 N–H and O–H groups in total. The summed E-state index contributed by atoms with van der Waals surface area (Å²) in [5, 5.41) is 44.9. The van der Waals surface area contributed by atoms with Gasteiger partial charge in [-0.3, -0.25) is 54.9 Å². The van der Waals surface area contributed by atoms with Crippen molar-refractivity contribution in [1.82, 2.24) is 75.8 Å². The van der Waals surface area contributed by atoms with Crippen LogP contribution in [0.3, 0.4) is 0 Å². The number of anilines is 1. The number of thiocyanates is 1. The molecule has 43 heteroatoms. The number of aliphatic hydroxyl groups excluding tert-OH is 1. The van der Waals surface area contributed by atoms with Crippen molar-refractivity contribution in [2.75, 3.05) is 135 Å². The number of halogens is 8. The van der Waals surface area contributed by atoms with E-state index >= 15 is 0 Å². The average molecular weight is 1990 g/mol. The Morgan fingerprint density at radius 2 is 0.903 bits per heavy atom. The van der Waals surface area contributed by atoms with Crippen LogP contribution in [0.1, 0.15) is 51.3 Å². The van der Waals surface area contributed by atoms with Crippen molar-refractivity contribution in [2.24, 2.45) is 5.84 Å². The van der Waals surface area contributed by atoms with Crippen molar-refractivity contribution in [3.05, 3.63) is 258 Å². The Labute approximate surface area is 741 Å². The number of rotatable bonds is 24. The molecule has 3 aliphatic rings. The number of nitrogens with one attached hydrogen (secondary N) is 5. The van der Waals surface area contributed by atoms with Gasteiger partial charge in [-0.25, -0.2) is 46.2 Å². The van der Waals surface area contributed by atoms with Gasteiger partial charge in [0.1, 0.15) is 40.3 Å². The maximum Gasteiger partial charge on any atom is 0.315 e. The molecule has 0 radical (unpaired) electrons. The van der Waals surface area contributed by atoms with E-state index in [1.165, 1.54) is 83.5 Å². The predicted octanol–water partition coefficient (Wildman–Crippen LogP) is 8.14. The Hall–Kier alpha value is -10.9. The molecule has 0 unspecified atom stereocenters. The summed E-state index contributed by atoms with van der Waals surface area (Å²) in [6.45, 7) is 17.1. The number of nitrogens with zero attached hydrogens (tertiary/aromatic N) is 12. The number of hydrazine groups is 2. The largest absolute Gasteiger partial charge is 0.403 e. The maximum atomic E-state index is 13.6. The summed E-state index contributed by atoms with van der Waals surface area (Å²) < 4.78 is 115. The standard InChI is InChI=1S/C25H26F2N6O3S.C25H24F2N6O3.C18H14F2N4O2.C7H12N2OS.2C2H4O2.CH2Cl2.CH4O.Hg/c26-20-13-19(14-21(27)15-20)22-4-5-23(34)33(31-22)16-17-2-1-3-18(12-17)24(35)29-30-25(37)28-6-7-32-8-10-36-11-9-32;26-20-13-19(14-21(27)15-20)22-4-5-23(34)33(31-22)16-17-2-1-3-18(12-17)24-29-30-25(36-24)28-6-7-32-8-10-35-11-9-32;19-14-7-13(8-15(20)9-14)16-4-5-17(25)24(23-16)10-11-2-1-3-12(6-11)18(26)22-21;8-7-11-6-3-9-1-4-10-5-2-9;2*1-2(3)4;2-1-3;1-2;/h1-5,12-15H,6-11,16H2,(H,29,35)(H2,28,30,37);1-5,12-15H,6-11,16H2,(H,28,30);1-9H,10,21H2,(H,22,26);1-6H2;2*1H3,(H,3,4);1H2;2H,1H3;/q;;;;;;;;+2/p-2. The smallest absolute Gasteiger partial charge is 0.315 e. The molecular formula is C81H88Cl2F6HgN18O14S2. The van der Waals surface area contributed by atoms with E-state index < -0.39 is 77.8 Å². The number of benzene rings is 6. The SMILES string of the molecule is CC(=O)[O][Hg][O]C(C)=O.CO.ClCCl.N#CSCCN1CCOCC1.NNC(=O)c1cccc(Cn2nc(-c3cc(F)cc(F)c3)ccc2=O)c1.O=C(NNC(=S)NCCN1CCOCC1)c1cccc(Cn2nc(-c3cc(F)cc(F)c3)ccc2=O)c1.O=c1ccc(-c2cc(F)cc(F)c2)nn1Cc1cccc(-c2nnc(NCCN3CCOCC3)o2)c1. The minimum absolute atomic E-state index is 0.0561. The maximum absolute atomic E-state index is 13.6. The molecule has 3 saturated heterocycles. The van der Waals surface area contributed by atoms with Gasteiger partial charge in [-0.05, 0) is 132 Å². The van der Waals surface area contributed by atoms with E-state index in [1.54, 1.807) is 48.5 Å². The van der Waals surface area contributed by atoms with Crippen LogP contribution in [0.2, 0.25) is 0 Å². The minimum atomic E-state index is -2.04. The van der Waals surface area contributed by atoms with Crippen LogP contribution in [0.4, 0.5) is 32.4 Å². The molecule has 0 saturated carbocycles. The summed E-state index contributed by atoms with van der Waals surface area (Å²) in [4.78, 5) is 88.1. The minimum Gasteiger partial charge on any atom is -0.403 e. The molecule has 32 nitrogen and oxygen atoms in total. The molecule has 3 fully saturated rings. The van der Waals surface area contributed by atoms with Gasteiger partial charge in [0.05, 0.1) is 81.7 Å².